The Kier molecular flexibility index (Phi) is 288. The summed E-state index contributed by atoms with van der Waals surface area (Å²) in [6.07, 6.45) is 0. The summed E-state index contributed by atoms with van der Waals surface area (Å²) in [6.45, 7) is 3.50. The summed E-state index contributed by atoms with van der Waals surface area (Å²) >= 11 is 0. The SMILES string of the molecule is C#N.CO.[Ag].[KH]. The second-order valence-electron chi connectivity index (χ2n) is 0. The van der Waals surface area contributed by atoms with E-state index in [-0.39, 0.29) is 73.8 Å². The summed E-state index contributed by atoms with van der Waals surface area (Å²) in [7, 11) is 1.00. The summed E-state index contributed by atoms with van der Waals surface area (Å²) in [5.74, 6) is 0. The minimum atomic E-state index is 0. The zero-order chi connectivity index (χ0) is 4.00. The van der Waals surface area contributed by atoms with Crippen molar-refractivity contribution in [2.45, 2.75) is 0 Å². The van der Waals surface area contributed by atoms with Gasteiger partial charge in [-0.2, -0.15) is 0 Å². The number of nitrogens with zero attached hydrogens (tertiary/aromatic N) is 1. The second kappa shape index (κ2) is 69.5. The van der Waals surface area contributed by atoms with E-state index in [1.165, 1.54) is 0 Å². The number of aliphatic hydroxyl groups is 1. The van der Waals surface area contributed by atoms with Crippen molar-refractivity contribution in [3.63, 3.8) is 0 Å². The van der Waals surface area contributed by atoms with Crippen LogP contribution in [0.5, 0.6) is 0 Å². The van der Waals surface area contributed by atoms with Crippen LogP contribution in [0.15, 0.2) is 0 Å². The van der Waals surface area contributed by atoms with Gasteiger partial charge in [-0.3, -0.25) is 0 Å². The summed E-state index contributed by atoms with van der Waals surface area (Å²) in [5, 5.41) is 13.5. The van der Waals surface area contributed by atoms with Crippen molar-refractivity contribution in [3.05, 3.63) is 0 Å². The molecular formula is C2H6AgKNO. The van der Waals surface area contributed by atoms with Crippen LogP contribution >= 0.6 is 0 Å². The average Bonchev–Trinajstić information content (AvgIpc) is 1.50. The van der Waals surface area contributed by atoms with E-state index in [1.807, 2.05) is 0 Å². The van der Waals surface area contributed by atoms with Gasteiger partial charge in [-0.1, -0.05) is 0 Å². The van der Waals surface area contributed by atoms with Crippen molar-refractivity contribution >= 4 is 51.4 Å². The van der Waals surface area contributed by atoms with Gasteiger partial charge in [0, 0.05) is 36.1 Å². The number of hydrogen-bond acceptors (Lipinski definition) is 2. The van der Waals surface area contributed by atoms with E-state index in [2.05, 4.69) is 6.57 Å². The first-order valence-electron chi connectivity index (χ1n) is 0.705. The fourth-order valence-corrected chi connectivity index (χ4v) is 0. The molecule has 0 saturated heterocycles. The monoisotopic (exact) mass is 206 g/mol. The summed E-state index contributed by atoms with van der Waals surface area (Å²) in [6, 6.07) is 0. The summed E-state index contributed by atoms with van der Waals surface area (Å²) in [5.41, 5.74) is 0. The van der Waals surface area contributed by atoms with Crippen LogP contribution in [-0.4, -0.2) is 63.6 Å². The molecule has 0 aromatic carbocycles. The molecule has 37 valence electrons. The van der Waals surface area contributed by atoms with Crippen molar-refractivity contribution < 1.29 is 27.5 Å². The van der Waals surface area contributed by atoms with Crippen LogP contribution in [-0.2, 0) is 22.4 Å². The fraction of sp³-hybridized carbons (Fsp3) is 0.500. The second-order valence-corrected chi connectivity index (χ2v) is 0. The third kappa shape index (κ3) is 40.7. The molecule has 0 aliphatic heterocycles. The van der Waals surface area contributed by atoms with Crippen molar-refractivity contribution in [1.82, 2.24) is 0 Å². The van der Waals surface area contributed by atoms with Gasteiger partial charge in [0.2, 0.25) is 0 Å². The first kappa shape index (κ1) is 24.9. The van der Waals surface area contributed by atoms with Gasteiger partial charge in [-0.15, -0.1) is 0 Å². The van der Waals surface area contributed by atoms with E-state index in [4.69, 9.17) is 10.4 Å². The van der Waals surface area contributed by atoms with E-state index in [0.717, 1.165) is 7.11 Å². The molecule has 4 heteroatoms. The van der Waals surface area contributed by atoms with Gasteiger partial charge in [0.15, 0.2) is 0 Å². The molecule has 0 fully saturated rings. The third-order valence-electron chi connectivity index (χ3n) is 0. The number of nitriles is 1. The molecule has 0 spiro atoms. The molecule has 0 aromatic rings. The van der Waals surface area contributed by atoms with Gasteiger partial charge < -0.3 is 5.11 Å². The molecule has 0 aliphatic carbocycles. The molecular weight excluding hydrogens is 201 g/mol. The first-order valence-corrected chi connectivity index (χ1v) is 0.705. The third-order valence-corrected chi connectivity index (χ3v) is 0. The Hall–Kier alpha value is 1.83. The van der Waals surface area contributed by atoms with Gasteiger partial charge in [0.25, 0.3) is 0 Å². The summed E-state index contributed by atoms with van der Waals surface area (Å²) in [4.78, 5) is 0. The predicted octanol–water partition coefficient (Wildman–Crippen LogP) is -0.903. The van der Waals surface area contributed by atoms with Gasteiger partial charge >= 0.3 is 51.4 Å². The minimum absolute atomic E-state index is 0. The maximum absolute atomic E-state index is 7.00. The molecule has 0 saturated carbocycles. The Bertz CT molecular complexity index is 18.3. The van der Waals surface area contributed by atoms with Crippen LogP contribution in [0.2, 0.25) is 0 Å². The number of aliphatic hydroxyl groups excluding tert-OH is 1. The van der Waals surface area contributed by atoms with Crippen LogP contribution in [0.1, 0.15) is 0 Å². The zero-order valence-corrected chi connectivity index (χ0v) is 4.26. The van der Waals surface area contributed by atoms with Gasteiger partial charge in [0.1, 0.15) is 0 Å². The average molecular weight is 207 g/mol. The Morgan fingerprint density at radius 1 is 1.33 bits per heavy atom. The van der Waals surface area contributed by atoms with Crippen LogP contribution in [0.25, 0.3) is 0 Å². The molecule has 1 N–H and O–H groups in total. The molecule has 2 nitrogen and oxygen atoms in total. The quantitative estimate of drug-likeness (QED) is 0.523. The number of rotatable bonds is 0. The van der Waals surface area contributed by atoms with Crippen LogP contribution < -0.4 is 0 Å². The molecule has 0 unspecified atom stereocenters. The van der Waals surface area contributed by atoms with Crippen molar-refractivity contribution in [2.75, 3.05) is 7.11 Å². The molecule has 0 aromatic heterocycles. The molecule has 6 heavy (non-hydrogen) atoms. The molecule has 0 amide bonds. The van der Waals surface area contributed by atoms with Crippen LogP contribution in [0.3, 0.4) is 0 Å². The maximum atomic E-state index is 7.00. The van der Waals surface area contributed by atoms with E-state index < -0.39 is 0 Å². The van der Waals surface area contributed by atoms with E-state index in [9.17, 15) is 0 Å². The fourth-order valence-electron chi connectivity index (χ4n) is 0. The molecule has 0 atom stereocenters. The Morgan fingerprint density at radius 2 is 1.33 bits per heavy atom. The Balaban J connectivity index is -0.00000000500. The summed E-state index contributed by atoms with van der Waals surface area (Å²) < 4.78 is 0. The van der Waals surface area contributed by atoms with Gasteiger partial charge in [-0.05, 0) is 0 Å². The van der Waals surface area contributed by atoms with Crippen LogP contribution in [0, 0.1) is 11.8 Å². The molecule has 0 aliphatic rings. The van der Waals surface area contributed by atoms with E-state index in [0.29, 0.717) is 0 Å². The van der Waals surface area contributed by atoms with Crippen LogP contribution in [0.4, 0.5) is 0 Å². The first-order chi connectivity index (χ1) is 2.00. The molecule has 0 bridgehead atoms. The van der Waals surface area contributed by atoms with E-state index >= 15 is 0 Å². The normalized spacial score (nSPS) is 1.33. The topological polar surface area (TPSA) is 44.0 Å². The van der Waals surface area contributed by atoms with Crippen molar-refractivity contribution in [3.8, 4) is 6.57 Å². The standard InChI is InChI=1S/CHN.CH4O.Ag.K.H/c2*1-2;;;/h1H;2H,1H3;;;. The Labute approximate surface area is 95.9 Å². The molecule has 0 heterocycles. The Morgan fingerprint density at radius 3 is 1.33 bits per heavy atom. The van der Waals surface area contributed by atoms with E-state index in [1.54, 1.807) is 0 Å². The molecule has 0 rings (SSSR count). The predicted molar refractivity (Wildman–Crippen MR) is 22.0 cm³/mol. The zero-order valence-electron chi connectivity index (χ0n) is 2.77. The van der Waals surface area contributed by atoms with Gasteiger partial charge in [0.05, 0.1) is 0 Å². The van der Waals surface area contributed by atoms with Crippen molar-refractivity contribution in [2.24, 2.45) is 0 Å². The van der Waals surface area contributed by atoms with Crippen molar-refractivity contribution in [1.29, 1.82) is 5.26 Å². The molecule has 1 radical (unpaired) electrons. The number of hydrogen-bond donors (Lipinski definition) is 1. The van der Waals surface area contributed by atoms with Gasteiger partial charge in [-0.25, -0.2) is 5.26 Å².